The van der Waals surface area contributed by atoms with Crippen molar-refractivity contribution in [3.8, 4) is 0 Å². The molecule has 4 atom stereocenters. The predicted molar refractivity (Wildman–Crippen MR) is 59.8 cm³/mol. The summed E-state index contributed by atoms with van der Waals surface area (Å²) >= 11 is 0. The zero-order valence-corrected chi connectivity index (χ0v) is 9.84. The average Bonchev–Trinajstić information content (AvgIpc) is 2.53. The van der Waals surface area contributed by atoms with Crippen LogP contribution in [0.2, 0.25) is 0 Å². The molecule has 0 spiro atoms. The van der Waals surface area contributed by atoms with Gasteiger partial charge in [-0.05, 0) is 26.2 Å². The highest BCUT2D eigenvalue weighted by atomic mass is 16.7. The summed E-state index contributed by atoms with van der Waals surface area (Å²) in [5.41, 5.74) is 5.68. The Morgan fingerprint density at radius 2 is 2.12 bits per heavy atom. The van der Waals surface area contributed by atoms with Crippen molar-refractivity contribution in [3.05, 3.63) is 0 Å². The van der Waals surface area contributed by atoms with Crippen LogP contribution in [0.1, 0.15) is 32.6 Å². The van der Waals surface area contributed by atoms with Crippen LogP contribution in [0.5, 0.6) is 0 Å². The molecule has 5 heteroatoms. The van der Waals surface area contributed by atoms with E-state index < -0.39 is 18.2 Å². The van der Waals surface area contributed by atoms with Crippen LogP contribution >= 0.6 is 0 Å². The Balaban J connectivity index is 2.21. The molecular weight excluding hydrogens is 210 g/mol. The Morgan fingerprint density at radius 1 is 1.38 bits per heavy atom. The Bertz CT molecular complexity index is 179. The quantitative estimate of drug-likeness (QED) is 0.622. The monoisotopic (exact) mass is 233 g/mol. The summed E-state index contributed by atoms with van der Waals surface area (Å²) in [5, 5.41) is 18.6. The van der Waals surface area contributed by atoms with E-state index in [1.807, 2.05) is 0 Å². The van der Waals surface area contributed by atoms with Gasteiger partial charge in [0.2, 0.25) is 0 Å². The van der Waals surface area contributed by atoms with E-state index in [4.69, 9.17) is 20.3 Å². The first kappa shape index (κ1) is 13.9. The molecule has 5 nitrogen and oxygen atoms in total. The first-order valence-corrected chi connectivity index (χ1v) is 5.96. The molecule has 0 radical (unpaired) electrons. The third-order valence-corrected chi connectivity index (χ3v) is 2.80. The van der Waals surface area contributed by atoms with Gasteiger partial charge in [-0.15, -0.1) is 0 Å². The molecule has 0 aromatic heterocycles. The molecule has 1 aliphatic heterocycles. The van der Waals surface area contributed by atoms with Crippen LogP contribution < -0.4 is 5.73 Å². The van der Waals surface area contributed by atoms with Gasteiger partial charge < -0.3 is 25.4 Å². The number of aliphatic hydroxyl groups is 2. The molecule has 1 rings (SSSR count). The molecule has 0 aliphatic carbocycles. The second kappa shape index (κ2) is 7.19. The summed E-state index contributed by atoms with van der Waals surface area (Å²) in [6, 6.07) is -0.577. The van der Waals surface area contributed by atoms with Crippen molar-refractivity contribution in [2.45, 2.75) is 57.1 Å². The largest absolute Gasteiger partial charge is 0.391 e. The van der Waals surface area contributed by atoms with Crippen LogP contribution in [0.4, 0.5) is 0 Å². The molecule has 16 heavy (non-hydrogen) atoms. The molecule has 0 aromatic carbocycles. The van der Waals surface area contributed by atoms with Crippen LogP contribution in [-0.4, -0.2) is 48.0 Å². The summed E-state index contributed by atoms with van der Waals surface area (Å²) in [7, 11) is 0. The molecule has 1 fully saturated rings. The van der Waals surface area contributed by atoms with Gasteiger partial charge in [0.05, 0.1) is 24.9 Å². The summed E-state index contributed by atoms with van der Waals surface area (Å²) in [5.74, 6) is 0. The van der Waals surface area contributed by atoms with Crippen molar-refractivity contribution in [1.82, 2.24) is 0 Å². The number of aliphatic hydroxyl groups excluding tert-OH is 2. The molecule has 1 aliphatic rings. The lowest BCUT2D eigenvalue weighted by Gasteiger charge is -2.23. The topological polar surface area (TPSA) is 84.9 Å². The Hall–Kier alpha value is -0.200. The minimum Gasteiger partial charge on any atom is -0.391 e. The minimum absolute atomic E-state index is 0.205. The average molecular weight is 233 g/mol. The van der Waals surface area contributed by atoms with Gasteiger partial charge in [-0.2, -0.15) is 0 Å². The first-order valence-electron chi connectivity index (χ1n) is 5.96. The van der Waals surface area contributed by atoms with Gasteiger partial charge in [0.15, 0.2) is 6.29 Å². The first-order chi connectivity index (χ1) is 7.61. The second-order valence-corrected chi connectivity index (χ2v) is 4.38. The number of ether oxygens (including phenoxy) is 2. The smallest absolute Gasteiger partial charge is 0.157 e. The number of hydrogen-bond donors (Lipinski definition) is 3. The molecule has 4 unspecified atom stereocenters. The van der Waals surface area contributed by atoms with E-state index in [1.54, 1.807) is 0 Å². The van der Waals surface area contributed by atoms with Crippen molar-refractivity contribution in [2.75, 3.05) is 13.2 Å². The van der Waals surface area contributed by atoms with Crippen molar-refractivity contribution in [3.63, 3.8) is 0 Å². The zero-order valence-electron chi connectivity index (χ0n) is 9.84. The van der Waals surface area contributed by atoms with E-state index in [1.165, 1.54) is 13.3 Å². The van der Waals surface area contributed by atoms with Gasteiger partial charge in [-0.25, -0.2) is 0 Å². The van der Waals surface area contributed by atoms with Crippen LogP contribution in [0.15, 0.2) is 0 Å². The van der Waals surface area contributed by atoms with Gasteiger partial charge in [-0.1, -0.05) is 6.42 Å². The lowest BCUT2D eigenvalue weighted by molar-refractivity contribution is -0.150. The van der Waals surface area contributed by atoms with Crippen molar-refractivity contribution < 1.29 is 19.7 Å². The van der Waals surface area contributed by atoms with Crippen LogP contribution in [0.25, 0.3) is 0 Å². The van der Waals surface area contributed by atoms with Crippen molar-refractivity contribution >= 4 is 0 Å². The number of nitrogens with two attached hydrogens (primary N) is 1. The van der Waals surface area contributed by atoms with Gasteiger partial charge in [-0.3, -0.25) is 0 Å². The molecular formula is C11H23NO4. The minimum atomic E-state index is -0.953. The SMILES string of the molecule is CC(O)C(O)C(N)COC1CCCCCO1. The van der Waals surface area contributed by atoms with Crippen LogP contribution in [0, 0.1) is 0 Å². The maximum absolute atomic E-state index is 9.48. The highest BCUT2D eigenvalue weighted by molar-refractivity contribution is 4.75. The highest BCUT2D eigenvalue weighted by Crippen LogP contribution is 2.14. The number of hydrogen-bond acceptors (Lipinski definition) is 5. The molecule has 0 bridgehead atoms. The van der Waals surface area contributed by atoms with Gasteiger partial charge >= 0.3 is 0 Å². The predicted octanol–water partition coefficient (Wildman–Crippen LogP) is -0.0113. The Labute approximate surface area is 96.5 Å². The highest BCUT2D eigenvalue weighted by Gasteiger charge is 2.22. The molecule has 1 saturated heterocycles. The maximum Gasteiger partial charge on any atom is 0.157 e. The summed E-state index contributed by atoms with van der Waals surface area (Å²) in [4.78, 5) is 0. The summed E-state index contributed by atoms with van der Waals surface area (Å²) in [6.07, 6.45) is 2.20. The normalized spacial score (nSPS) is 28.1. The van der Waals surface area contributed by atoms with E-state index in [0.29, 0.717) is 0 Å². The molecule has 1 heterocycles. The van der Waals surface area contributed by atoms with E-state index in [-0.39, 0.29) is 12.9 Å². The lowest BCUT2D eigenvalue weighted by Crippen LogP contribution is -2.45. The fourth-order valence-corrected chi connectivity index (χ4v) is 1.69. The van der Waals surface area contributed by atoms with E-state index in [2.05, 4.69) is 0 Å². The molecule has 0 amide bonds. The summed E-state index contributed by atoms with van der Waals surface area (Å²) < 4.78 is 10.9. The standard InChI is InChI=1S/C11H23NO4/c1-8(13)11(14)9(12)7-16-10-5-3-2-4-6-15-10/h8-11,13-14H,2-7,12H2,1H3. The maximum atomic E-state index is 9.48. The van der Waals surface area contributed by atoms with Crippen molar-refractivity contribution in [2.24, 2.45) is 5.73 Å². The third kappa shape index (κ3) is 4.76. The number of rotatable bonds is 5. The van der Waals surface area contributed by atoms with Gasteiger partial charge in [0.1, 0.15) is 0 Å². The molecule has 96 valence electrons. The second-order valence-electron chi connectivity index (χ2n) is 4.38. The summed E-state index contributed by atoms with van der Waals surface area (Å²) in [6.45, 7) is 2.43. The van der Waals surface area contributed by atoms with Crippen molar-refractivity contribution in [1.29, 1.82) is 0 Å². The molecule has 0 saturated carbocycles. The fraction of sp³-hybridized carbons (Fsp3) is 1.00. The Kier molecular flexibility index (Phi) is 6.23. The van der Waals surface area contributed by atoms with Crippen LogP contribution in [-0.2, 0) is 9.47 Å². The zero-order chi connectivity index (χ0) is 12.0. The third-order valence-electron chi connectivity index (χ3n) is 2.80. The Morgan fingerprint density at radius 3 is 2.81 bits per heavy atom. The van der Waals surface area contributed by atoms with Gasteiger partial charge in [0, 0.05) is 6.61 Å². The fourth-order valence-electron chi connectivity index (χ4n) is 1.69. The molecule has 0 aromatic rings. The van der Waals surface area contributed by atoms with E-state index in [0.717, 1.165) is 25.9 Å². The van der Waals surface area contributed by atoms with Crippen LogP contribution in [0.3, 0.4) is 0 Å². The van der Waals surface area contributed by atoms with E-state index >= 15 is 0 Å². The van der Waals surface area contributed by atoms with Gasteiger partial charge in [0.25, 0.3) is 0 Å². The lowest BCUT2D eigenvalue weighted by atomic mass is 10.1. The molecule has 4 N–H and O–H groups in total. The van der Waals surface area contributed by atoms with E-state index in [9.17, 15) is 5.11 Å².